The maximum absolute atomic E-state index is 6.47. The Bertz CT molecular complexity index is 1580. The molecule has 2 aliphatic rings. The van der Waals surface area contributed by atoms with Crippen molar-refractivity contribution in [1.82, 2.24) is 0 Å². The van der Waals surface area contributed by atoms with Gasteiger partial charge in [-0.25, -0.2) is 0 Å². The van der Waals surface area contributed by atoms with Crippen molar-refractivity contribution in [3.8, 4) is 0 Å². The Labute approximate surface area is 240 Å². The third kappa shape index (κ3) is 4.42. The van der Waals surface area contributed by atoms with E-state index >= 15 is 0 Å². The molecule has 6 rings (SSSR count). The van der Waals surface area contributed by atoms with Gasteiger partial charge in [0.1, 0.15) is 0 Å². The SMILES string of the molecule is CC1=CC(c2cc3ccccc3o2)=[C]([Zr]([CH3])([CH3])(=[SiH2])[C]2=C(c3cc4ccccc4o3)C=C(C)C2C)C1C.Cl.Cl. The first kappa shape index (κ1) is 29.2. The van der Waals surface area contributed by atoms with E-state index in [1.165, 1.54) is 33.1 Å². The average molecular weight is 643 g/mol. The van der Waals surface area contributed by atoms with E-state index in [-0.39, 0.29) is 24.8 Å². The predicted molar refractivity (Wildman–Crippen MR) is 167 cm³/mol. The summed E-state index contributed by atoms with van der Waals surface area (Å²) >= 11 is -3.75. The van der Waals surface area contributed by atoms with Crippen LogP contribution in [0, 0.1) is 11.8 Å². The zero-order valence-electron chi connectivity index (χ0n) is 22.9. The number of para-hydroxylation sites is 2. The van der Waals surface area contributed by atoms with E-state index in [1.807, 2.05) is 12.1 Å². The molecule has 38 heavy (non-hydrogen) atoms. The molecule has 0 saturated heterocycles. The van der Waals surface area contributed by atoms with Crippen LogP contribution in [-0.2, 0) is 17.4 Å². The topological polar surface area (TPSA) is 26.3 Å². The van der Waals surface area contributed by atoms with Crippen LogP contribution in [0.15, 0.2) is 99.4 Å². The van der Waals surface area contributed by atoms with Crippen molar-refractivity contribution in [2.75, 3.05) is 0 Å². The van der Waals surface area contributed by atoms with Gasteiger partial charge in [-0.05, 0) is 0 Å². The summed E-state index contributed by atoms with van der Waals surface area (Å²) in [5.41, 5.74) is 7.40. The molecule has 2 aliphatic carbocycles. The molecule has 0 N–H and O–H groups in total. The van der Waals surface area contributed by atoms with Gasteiger partial charge in [0, 0.05) is 0 Å². The van der Waals surface area contributed by atoms with Gasteiger partial charge in [0.25, 0.3) is 0 Å². The number of halogens is 2. The molecular formula is C32H36Cl2O2SiZr. The molecule has 6 heteroatoms. The molecule has 0 saturated carbocycles. The summed E-state index contributed by atoms with van der Waals surface area (Å²) in [6, 6.07) is 21.2. The predicted octanol–water partition coefficient (Wildman–Crippen LogP) is 9.67. The standard InChI is InChI=1S/2C15H13O.2CH3.2ClH.H2Si.Zr/c2*1-10-7-13(8-11(10)2)15-9-12-5-3-4-6-14(12)16-15;;;;;;/h2*3-7,9,11H,1-2H3;2*1H3;2*1H;1H2;. The summed E-state index contributed by atoms with van der Waals surface area (Å²) in [5, 5.41) is 2.33. The molecule has 2 atom stereocenters. The summed E-state index contributed by atoms with van der Waals surface area (Å²) in [7, 11) is 0. The summed E-state index contributed by atoms with van der Waals surface area (Å²) < 4.78 is 21.4. The zero-order chi connectivity index (χ0) is 25.4. The molecule has 2 unspecified atom stereocenters. The van der Waals surface area contributed by atoms with E-state index in [1.54, 1.807) is 6.56 Å². The third-order valence-corrected chi connectivity index (χ3v) is 25.1. The summed E-state index contributed by atoms with van der Waals surface area (Å²) in [6.07, 6.45) is 4.79. The second-order valence-corrected chi connectivity index (χ2v) is 40.3. The number of fused-ring (bicyclic) bond motifs is 2. The van der Waals surface area contributed by atoms with Crippen LogP contribution < -0.4 is 0 Å². The molecular weight excluding hydrogens is 607 g/mol. The Morgan fingerprint density at radius 2 is 1.03 bits per heavy atom. The van der Waals surface area contributed by atoms with Gasteiger partial charge in [0.15, 0.2) is 0 Å². The van der Waals surface area contributed by atoms with Crippen LogP contribution in [0.4, 0.5) is 0 Å². The summed E-state index contributed by atoms with van der Waals surface area (Å²) in [4.78, 5) is 0. The molecule has 0 aliphatic heterocycles. The van der Waals surface area contributed by atoms with E-state index in [0.717, 1.165) is 22.7 Å². The molecule has 198 valence electrons. The van der Waals surface area contributed by atoms with Gasteiger partial charge < -0.3 is 0 Å². The van der Waals surface area contributed by atoms with Crippen molar-refractivity contribution in [2.45, 2.75) is 37.0 Å². The van der Waals surface area contributed by atoms with Gasteiger partial charge in [-0.1, -0.05) is 0 Å². The maximum Gasteiger partial charge on any atom is -0.147 e. The minimum absolute atomic E-state index is 0. The van der Waals surface area contributed by atoms with Crippen molar-refractivity contribution in [1.29, 1.82) is 0 Å². The van der Waals surface area contributed by atoms with E-state index in [2.05, 4.69) is 105 Å². The second-order valence-electron chi connectivity index (χ2n) is 11.9. The fourth-order valence-corrected chi connectivity index (χ4v) is 26.6. The van der Waals surface area contributed by atoms with Crippen LogP contribution in [0.2, 0.25) is 9.26 Å². The monoisotopic (exact) mass is 640 g/mol. The Balaban J connectivity index is 0.00000168. The normalized spacial score (nSPS) is 20.1. The van der Waals surface area contributed by atoms with Gasteiger partial charge in [0.05, 0.1) is 0 Å². The number of hydrogen-bond donors (Lipinski definition) is 0. The molecule has 2 aromatic heterocycles. The molecule has 0 amide bonds. The first-order valence-corrected chi connectivity index (χ1v) is 26.2. The fraction of sp³-hybridized carbons (Fsp3) is 0.250. The van der Waals surface area contributed by atoms with Crippen molar-refractivity contribution < 1.29 is 26.2 Å². The molecule has 2 heterocycles. The first-order valence-electron chi connectivity index (χ1n) is 12.9. The molecule has 0 fully saturated rings. The van der Waals surface area contributed by atoms with E-state index < -0.39 is 17.4 Å². The summed E-state index contributed by atoms with van der Waals surface area (Å²) in [6.45, 7) is 11.7. The molecule has 2 aromatic carbocycles. The molecule has 0 radical (unpaired) electrons. The Morgan fingerprint density at radius 1 is 0.658 bits per heavy atom. The van der Waals surface area contributed by atoms with E-state index in [4.69, 9.17) is 8.83 Å². The molecule has 2 nitrogen and oxygen atoms in total. The van der Waals surface area contributed by atoms with Crippen molar-refractivity contribution in [2.24, 2.45) is 11.8 Å². The van der Waals surface area contributed by atoms with E-state index in [0.29, 0.717) is 11.8 Å². The quantitative estimate of drug-likeness (QED) is 0.207. The Morgan fingerprint density at radius 3 is 1.39 bits per heavy atom. The minimum Gasteiger partial charge on any atom is -0.147 e. The van der Waals surface area contributed by atoms with Gasteiger partial charge >= 0.3 is 217 Å². The van der Waals surface area contributed by atoms with Crippen molar-refractivity contribution in [3.63, 3.8) is 0 Å². The van der Waals surface area contributed by atoms with Crippen LogP contribution in [0.1, 0.15) is 39.2 Å². The van der Waals surface area contributed by atoms with Gasteiger partial charge in [0.2, 0.25) is 0 Å². The molecule has 4 aromatic rings. The van der Waals surface area contributed by atoms with Gasteiger partial charge in [-0.15, -0.1) is 24.8 Å². The third-order valence-electron chi connectivity index (χ3n) is 8.67. The van der Waals surface area contributed by atoms with E-state index in [9.17, 15) is 0 Å². The van der Waals surface area contributed by atoms with Crippen LogP contribution in [0.3, 0.4) is 0 Å². The number of allylic oxidation sites excluding steroid dienone is 8. The number of rotatable bonds is 4. The average Bonchev–Trinajstić information content (AvgIpc) is 3.58. The van der Waals surface area contributed by atoms with Gasteiger partial charge in [-0.2, -0.15) is 0 Å². The zero-order valence-corrected chi connectivity index (χ0v) is 28.4. The number of hydrogen-bond acceptors (Lipinski definition) is 2. The maximum atomic E-state index is 6.47. The van der Waals surface area contributed by atoms with Crippen LogP contribution >= 0.6 is 24.8 Å². The van der Waals surface area contributed by atoms with Crippen LogP contribution in [0.5, 0.6) is 0 Å². The minimum atomic E-state index is -3.75. The first-order chi connectivity index (χ1) is 17.0. The van der Waals surface area contributed by atoms with Crippen molar-refractivity contribution in [3.05, 3.63) is 102 Å². The van der Waals surface area contributed by atoms with Crippen LogP contribution in [-0.4, -0.2) is 6.88 Å². The van der Waals surface area contributed by atoms with Crippen molar-refractivity contribution >= 4 is 64.8 Å². The number of benzene rings is 2. The molecule has 0 spiro atoms. The molecule has 0 bridgehead atoms. The van der Waals surface area contributed by atoms with Crippen LogP contribution in [0.25, 0.3) is 33.1 Å². The second kappa shape index (κ2) is 9.97. The summed E-state index contributed by atoms with van der Waals surface area (Å²) in [5.74, 6) is 2.83. The fourth-order valence-electron chi connectivity index (χ4n) is 6.82. The Hall–Kier alpha value is -1.84. The number of furan rings is 2. The Kier molecular flexibility index (Phi) is 7.65. The van der Waals surface area contributed by atoms with Gasteiger partial charge in [-0.3, -0.25) is 0 Å². The largest absolute Gasteiger partial charge is 0.147 e. The smallest absolute Gasteiger partial charge is 0.147 e.